The Labute approximate surface area is 146 Å². The van der Waals surface area contributed by atoms with Gasteiger partial charge in [0, 0.05) is 25.0 Å². The highest BCUT2D eigenvalue weighted by Crippen LogP contribution is 2.51. The molecule has 1 spiro atoms. The van der Waals surface area contributed by atoms with Crippen LogP contribution in [0, 0.1) is 5.41 Å². The van der Waals surface area contributed by atoms with E-state index in [1.807, 2.05) is 0 Å². The smallest absolute Gasteiger partial charge is 0.223 e. The van der Waals surface area contributed by atoms with E-state index in [1.54, 1.807) is 0 Å². The first-order valence-electron chi connectivity index (χ1n) is 9.54. The summed E-state index contributed by atoms with van der Waals surface area (Å²) in [5.41, 5.74) is 7.49. The summed E-state index contributed by atoms with van der Waals surface area (Å²) in [5, 5.41) is 0. The Kier molecular flexibility index (Phi) is 5.16. The molecule has 0 bridgehead atoms. The molecular formula is C20H33N3O. The first kappa shape index (κ1) is 17.7. The molecule has 2 fully saturated rings. The Bertz CT molecular complexity index is 527. The van der Waals surface area contributed by atoms with Crippen LogP contribution in [0.5, 0.6) is 0 Å². The fraction of sp³-hybridized carbons (Fsp3) is 0.750. The van der Waals surface area contributed by atoms with E-state index in [0.29, 0.717) is 12.5 Å². The summed E-state index contributed by atoms with van der Waals surface area (Å²) < 4.78 is 0. The molecule has 0 radical (unpaired) electrons. The molecule has 2 N–H and O–H groups in total. The molecule has 24 heavy (non-hydrogen) atoms. The molecule has 0 aromatic rings. The zero-order chi connectivity index (χ0) is 17.2. The lowest BCUT2D eigenvalue weighted by Gasteiger charge is -2.49. The summed E-state index contributed by atoms with van der Waals surface area (Å²) in [5.74, 6) is 0.345. The van der Waals surface area contributed by atoms with Crippen molar-refractivity contribution in [3.8, 4) is 0 Å². The summed E-state index contributed by atoms with van der Waals surface area (Å²) in [6.07, 6.45) is 15.7. The van der Waals surface area contributed by atoms with Crippen molar-refractivity contribution in [1.29, 1.82) is 0 Å². The molecule has 1 amide bonds. The third-order valence-corrected chi connectivity index (χ3v) is 6.56. The molecule has 3 aliphatic rings. The Morgan fingerprint density at radius 1 is 1.21 bits per heavy atom. The number of carbonyl (C=O) groups excluding carboxylic acids is 1. The van der Waals surface area contributed by atoms with Gasteiger partial charge in [-0.1, -0.05) is 18.2 Å². The molecule has 0 atom stereocenters. The number of rotatable bonds is 5. The number of hydrogen-bond acceptors (Lipinski definition) is 3. The fourth-order valence-electron chi connectivity index (χ4n) is 4.95. The first-order chi connectivity index (χ1) is 11.5. The van der Waals surface area contributed by atoms with Crippen LogP contribution < -0.4 is 5.73 Å². The molecule has 1 saturated heterocycles. The Hall–Kier alpha value is -1.13. The highest BCUT2D eigenvalue weighted by atomic mass is 16.2. The van der Waals surface area contributed by atoms with Gasteiger partial charge in [0.2, 0.25) is 5.91 Å². The third kappa shape index (κ3) is 3.18. The van der Waals surface area contributed by atoms with Gasteiger partial charge in [-0.2, -0.15) is 0 Å². The van der Waals surface area contributed by atoms with Gasteiger partial charge in [0.05, 0.1) is 0 Å². The zero-order valence-electron chi connectivity index (χ0n) is 15.4. The Morgan fingerprint density at radius 2 is 1.96 bits per heavy atom. The monoisotopic (exact) mass is 331 g/mol. The second-order valence-electron chi connectivity index (χ2n) is 8.20. The predicted octanol–water partition coefficient (Wildman–Crippen LogP) is 2.70. The minimum atomic E-state index is 0.163. The average Bonchev–Trinajstić information content (AvgIpc) is 2.90. The van der Waals surface area contributed by atoms with E-state index >= 15 is 0 Å². The molecular weight excluding hydrogens is 298 g/mol. The maximum Gasteiger partial charge on any atom is 0.223 e. The SMILES string of the molecule is CN(C)C1(C2=CCCC=C2)CCC2(CC1)CC(=O)N(CCCN)C2. The molecule has 1 aliphatic heterocycles. The molecule has 1 saturated carbocycles. The van der Waals surface area contributed by atoms with Crippen molar-refractivity contribution in [3.05, 3.63) is 23.8 Å². The van der Waals surface area contributed by atoms with Gasteiger partial charge in [0.25, 0.3) is 0 Å². The van der Waals surface area contributed by atoms with E-state index in [0.717, 1.165) is 58.0 Å². The summed E-state index contributed by atoms with van der Waals surface area (Å²) in [7, 11) is 4.43. The van der Waals surface area contributed by atoms with Crippen molar-refractivity contribution in [2.24, 2.45) is 11.1 Å². The molecule has 3 rings (SSSR count). The van der Waals surface area contributed by atoms with Crippen LogP contribution in [0.2, 0.25) is 0 Å². The summed E-state index contributed by atoms with van der Waals surface area (Å²) in [4.78, 5) is 16.9. The van der Waals surface area contributed by atoms with Crippen LogP contribution >= 0.6 is 0 Å². The number of likely N-dealkylation sites (tertiary alicyclic amines) is 1. The molecule has 0 aromatic heterocycles. The van der Waals surface area contributed by atoms with Crippen LogP contribution in [-0.4, -0.2) is 55.0 Å². The summed E-state index contributed by atoms with van der Waals surface area (Å²) in [6, 6.07) is 0. The maximum absolute atomic E-state index is 12.4. The highest BCUT2D eigenvalue weighted by molar-refractivity contribution is 5.79. The average molecular weight is 332 g/mol. The number of allylic oxidation sites excluding steroid dienone is 2. The minimum absolute atomic E-state index is 0.163. The molecule has 0 unspecified atom stereocenters. The Morgan fingerprint density at radius 3 is 2.54 bits per heavy atom. The third-order valence-electron chi connectivity index (χ3n) is 6.56. The number of likely N-dealkylation sites (N-methyl/N-ethyl adjacent to an activating group) is 1. The van der Waals surface area contributed by atoms with E-state index in [1.165, 1.54) is 12.0 Å². The minimum Gasteiger partial charge on any atom is -0.342 e. The van der Waals surface area contributed by atoms with E-state index < -0.39 is 0 Å². The van der Waals surface area contributed by atoms with Crippen LogP contribution in [0.15, 0.2) is 23.8 Å². The lowest BCUT2D eigenvalue weighted by atomic mass is 9.63. The van der Waals surface area contributed by atoms with Crippen LogP contribution in [0.3, 0.4) is 0 Å². The number of nitrogens with zero attached hydrogens (tertiary/aromatic N) is 2. The van der Waals surface area contributed by atoms with Gasteiger partial charge in [-0.05, 0) is 76.6 Å². The lowest BCUT2D eigenvalue weighted by molar-refractivity contribution is -0.127. The van der Waals surface area contributed by atoms with Crippen molar-refractivity contribution >= 4 is 5.91 Å². The van der Waals surface area contributed by atoms with Gasteiger partial charge in [0.15, 0.2) is 0 Å². The van der Waals surface area contributed by atoms with Gasteiger partial charge in [-0.25, -0.2) is 0 Å². The number of hydrogen-bond donors (Lipinski definition) is 1. The summed E-state index contributed by atoms with van der Waals surface area (Å²) in [6.45, 7) is 2.45. The molecule has 2 aliphatic carbocycles. The molecule has 1 heterocycles. The van der Waals surface area contributed by atoms with Crippen LogP contribution in [0.25, 0.3) is 0 Å². The second kappa shape index (κ2) is 7.01. The quantitative estimate of drug-likeness (QED) is 0.843. The van der Waals surface area contributed by atoms with E-state index in [2.05, 4.69) is 42.1 Å². The van der Waals surface area contributed by atoms with Gasteiger partial charge in [0.1, 0.15) is 0 Å². The van der Waals surface area contributed by atoms with E-state index in [4.69, 9.17) is 5.73 Å². The number of amides is 1. The van der Waals surface area contributed by atoms with Crippen molar-refractivity contribution < 1.29 is 4.79 Å². The van der Waals surface area contributed by atoms with E-state index in [-0.39, 0.29) is 11.0 Å². The van der Waals surface area contributed by atoms with Crippen molar-refractivity contribution in [3.63, 3.8) is 0 Å². The predicted molar refractivity (Wildman–Crippen MR) is 98.6 cm³/mol. The number of nitrogens with two attached hydrogens (primary N) is 1. The Balaban J connectivity index is 1.71. The molecule has 4 heteroatoms. The highest BCUT2D eigenvalue weighted by Gasteiger charge is 2.50. The van der Waals surface area contributed by atoms with Crippen molar-refractivity contribution in [2.75, 3.05) is 33.7 Å². The van der Waals surface area contributed by atoms with E-state index in [9.17, 15) is 4.79 Å². The van der Waals surface area contributed by atoms with Crippen LogP contribution in [-0.2, 0) is 4.79 Å². The van der Waals surface area contributed by atoms with Crippen LogP contribution in [0.1, 0.15) is 51.4 Å². The van der Waals surface area contributed by atoms with Crippen molar-refractivity contribution in [2.45, 2.75) is 56.9 Å². The number of carbonyl (C=O) groups is 1. The van der Waals surface area contributed by atoms with Gasteiger partial charge in [-0.15, -0.1) is 0 Å². The summed E-state index contributed by atoms with van der Waals surface area (Å²) >= 11 is 0. The zero-order valence-corrected chi connectivity index (χ0v) is 15.4. The fourth-order valence-corrected chi connectivity index (χ4v) is 4.95. The largest absolute Gasteiger partial charge is 0.342 e. The molecule has 4 nitrogen and oxygen atoms in total. The maximum atomic E-state index is 12.4. The second-order valence-corrected chi connectivity index (χ2v) is 8.20. The molecule has 134 valence electrons. The first-order valence-corrected chi connectivity index (χ1v) is 9.54. The van der Waals surface area contributed by atoms with Crippen LogP contribution in [0.4, 0.5) is 0 Å². The topological polar surface area (TPSA) is 49.6 Å². The van der Waals surface area contributed by atoms with Gasteiger partial charge >= 0.3 is 0 Å². The van der Waals surface area contributed by atoms with Gasteiger partial charge < -0.3 is 10.6 Å². The standard InChI is InChI=1S/C20H33N3O/c1-22(2)20(17-7-4-3-5-8-17)11-9-19(10-12-20)15-18(24)23(16-19)14-6-13-21/h4,7-8H,3,5-6,9-16,21H2,1-2H3. The normalized spacial score (nSPS) is 33.6. The lowest BCUT2D eigenvalue weighted by Crippen LogP contribution is -2.51. The van der Waals surface area contributed by atoms with Gasteiger partial charge in [-0.3, -0.25) is 9.69 Å². The van der Waals surface area contributed by atoms with Crippen molar-refractivity contribution in [1.82, 2.24) is 9.80 Å². The molecule has 0 aromatic carbocycles.